The molecule has 1 fully saturated rings. The lowest BCUT2D eigenvalue weighted by atomic mass is 10.1. The minimum atomic E-state index is -4.72. The molecule has 8 nitrogen and oxygen atoms in total. The van der Waals surface area contributed by atoms with Crippen LogP contribution < -0.4 is 9.62 Å². The summed E-state index contributed by atoms with van der Waals surface area (Å²) >= 11 is 1.54. The van der Waals surface area contributed by atoms with Crippen molar-refractivity contribution in [2.24, 2.45) is 0 Å². The number of hydrogen-bond donors (Lipinski definition) is 1. The summed E-state index contributed by atoms with van der Waals surface area (Å²) in [5, 5.41) is 0.827. The summed E-state index contributed by atoms with van der Waals surface area (Å²) in [4.78, 5) is 25.0. The molecule has 1 aliphatic rings. The van der Waals surface area contributed by atoms with Crippen LogP contribution in [0.15, 0.2) is 71.9 Å². The van der Waals surface area contributed by atoms with Gasteiger partial charge in [-0.15, -0.1) is 0 Å². The number of rotatable bonds is 5. The molecule has 0 aliphatic carbocycles. The number of carbonyl (C=O) groups excluding carboxylic acids is 1. The highest BCUT2D eigenvalue weighted by Crippen LogP contribution is 2.34. The van der Waals surface area contributed by atoms with Crippen LogP contribution >= 0.6 is 11.3 Å². The summed E-state index contributed by atoms with van der Waals surface area (Å²) in [6.45, 7) is 1.54. The molecule has 2 aromatic carbocycles. The molecular weight excluding hydrogens is 527 g/mol. The number of amides is 1. The number of carbonyl (C=O) groups is 1. The molecule has 0 spiro atoms. The molecule has 5 rings (SSSR count). The van der Waals surface area contributed by atoms with Crippen LogP contribution in [-0.4, -0.2) is 55.4 Å². The zero-order valence-corrected chi connectivity index (χ0v) is 20.8. The fraction of sp³-hybridized carbons (Fsp3) is 0.208. The molecule has 1 amide bonds. The highest BCUT2D eigenvalue weighted by atomic mass is 32.2. The van der Waals surface area contributed by atoms with E-state index in [0.29, 0.717) is 32.2 Å². The summed E-state index contributed by atoms with van der Waals surface area (Å²) in [7, 11) is -4.29. The van der Waals surface area contributed by atoms with Gasteiger partial charge in [-0.2, -0.15) is 13.2 Å². The van der Waals surface area contributed by atoms with Crippen LogP contribution in [0.2, 0.25) is 0 Å². The normalized spacial score (nSPS) is 14.7. The van der Waals surface area contributed by atoms with Gasteiger partial charge in [0.05, 0.1) is 27.0 Å². The van der Waals surface area contributed by atoms with Crippen LogP contribution in [-0.2, 0) is 16.2 Å². The SMILES string of the molecule is O=C(c1ccc(C(F)(F)F)cc1NS(=O)(=O)c1cccnc1)N1CCN(c2nc3ccccc3s2)CC1. The number of nitrogens with one attached hydrogen (secondary N) is 1. The molecule has 13 heteroatoms. The van der Waals surface area contributed by atoms with E-state index in [9.17, 15) is 26.4 Å². The number of para-hydroxylation sites is 1. The van der Waals surface area contributed by atoms with Gasteiger partial charge in [-0.05, 0) is 42.5 Å². The van der Waals surface area contributed by atoms with Gasteiger partial charge in [0.1, 0.15) is 4.90 Å². The lowest BCUT2D eigenvalue weighted by molar-refractivity contribution is -0.137. The Kier molecular flexibility index (Phi) is 6.50. The maximum atomic E-state index is 13.4. The second-order valence-corrected chi connectivity index (χ2v) is 11.0. The van der Waals surface area contributed by atoms with E-state index >= 15 is 0 Å². The molecule has 0 bridgehead atoms. The van der Waals surface area contributed by atoms with Gasteiger partial charge in [-0.3, -0.25) is 14.5 Å². The quantitative estimate of drug-likeness (QED) is 0.396. The third-order valence-corrected chi connectivity index (χ3v) is 8.33. The van der Waals surface area contributed by atoms with Crippen molar-refractivity contribution in [3.63, 3.8) is 0 Å². The molecule has 4 aromatic rings. The first-order valence-corrected chi connectivity index (χ1v) is 13.5. The number of piperazine rings is 1. The molecule has 1 aliphatic heterocycles. The molecule has 0 atom stereocenters. The molecule has 0 radical (unpaired) electrons. The fourth-order valence-electron chi connectivity index (χ4n) is 3.97. The minimum Gasteiger partial charge on any atom is -0.345 e. The van der Waals surface area contributed by atoms with Crippen LogP contribution in [0.25, 0.3) is 10.2 Å². The Balaban J connectivity index is 1.38. The monoisotopic (exact) mass is 547 g/mol. The second-order valence-electron chi connectivity index (χ2n) is 8.30. The van der Waals surface area contributed by atoms with Crippen LogP contribution in [0.3, 0.4) is 0 Å². The number of benzene rings is 2. The average molecular weight is 548 g/mol. The lowest BCUT2D eigenvalue weighted by Crippen LogP contribution is -2.49. The number of sulfonamides is 1. The van der Waals surface area contributed by atoms with Crippen molar-refractivity contribution in [3.05, 3.63) is 78.1 Å². The van der Waals surface area contributed by atoms with Crippen LogP contribution in [0.4, 0.5) is 24.0 Å². The molecule has 192 valence electrons. The summed E-state index contributed by atoms with van der Waals surface area (Å²) in [5.41, 5.74) is -0.809. The zero-order valence-electron chi connectivity index (χ0n) is 19.1. The predicted molar refractivity (Wildman–Crippen MR) is 134 cm³/mol. The number of pyridine rings is 1. The van der Waals surface area contributed by atoms with Crippen molar-refractivity contribution < 1.29 is 26.4 Å². The molecule has 1 saturated heterocycles. The molecule has 1 N–H and O–H groups in total. The van der Waals surface area contributed by atoms with Crippen LogP contribution in [0.5, 0.6) is 0 Å². The van der Waals surface area contributed by atoms with Crippen LogP contribution in [0.1, 0.15) is 15.9 Å². The third kappa shape index (κ3) is 5.23. The van der Waals surface area contributed by atoms with E-state index < -0.39 is 33.4 Å². The van der Waals surface area contributed by atoms with E-state index in [-0.39, 0.29) is 10.5 Å². The Morgan fingerprint density at radius 3 is 2.43 bits per heavy atom. The van der Waals surface area contributed by atoms with Gasteiger partial charge in [0.2, 0.25) is 0 Å². The van der Waals surface area contributed by atoms with Crippen molar-refractivity contribution in [2.45, 2.75) is 11.1 Å². The molecule has 37 heavy (non-hydrogen) atoms. The fourth-order valence-corrected chi connectivity index (χ4v) is 6.02. The summed E-state index contributed by atoms with van der Waals surface area (Å²) in [6.07, 6.45) is -2.29. The van der Waals surface area contributed by atoms with E-state index in [1.807, 2.05) is 29.2 Å². The summed E-state index contributed by atoms with van der Waals surface area (Å²) in [6, 6.07) is 12.8. The lowest BCUT2D eigenvalue weighted by Gasteiger charge is -2.35. The number of anilines is 2. The summed E-state index contributed by atoms with van der Waals surface area (Å²) in [5.74, 6) is -0.568. The van der Waals surface area contributed by atoms with Gasteiger partial charge >= 0.3 is 6.18 Å². The average Bonchev–Trinajstić information content (AvgIpc) is 3.33. The molecule has 3 heterocycles. The first-order valence-electron chi connectivity index (χ1n) is 11.2. The van der Waals surface area contributed by atoms with Gasteiger partial charge in [0.15, 0.2) is 5.13 Å². The van der Waals surface area contributed by atoms with Gasteiger partial charge in [-0.1, -0.05) is 23.5 Å². The number of halogens is 3. The van der Waals surface area contributed by atoms with Crippen molar-refractivity contribution in [3.8, 4) is 0 Å². The second kappa shape index (κ2) is 9.63. The van der Waals surface area contributed by atoms with E-state index in [1.54, 1.807) is 11.3 Å². The molecular formula is C24H20F3N5O3S2. The molecule has 0 unspecified atom stereocenters. The van der Waals surface area contributed by atoms with Crippen molar-refractivity contribution in [2.75, 3.05) is 35.8 Å². The summed E-state index contributed by atoms with van der Waals surface area (Å²) < 4.78 is 69.0. The third-order valence-electron chi connectivity index (χ3n) is 5.89. The predicted octanol–water partition coefficient (Wildman–Crippen LogP) is 4.47. The van der Waals surface area contributed by atoms with Crippen molar-refractivity contribution in [1.29, 1.82) is 0 Å². The van der Waals surface area contributed by atoms with Crippen LogP contribution in [0, 0.1) is 0 Å². The Morgan fingerprint density at radius 1 is 1.00 bits per heavy atom. The number of hydrogen-bond acceptors (Lipinski definition) is 7. The number of alkyl halides is 3. The smallest absolute Gasteiger partial charge is 0.345 e. The molecule has 0 saturated carbocycles. The van der Waals surface area contributed by atoms with Gasteiger partial charge in [0.25, 0.3) is 15.9 Å². The largest absolute Gasteiger partial charge is 0.416 e. The number of thiazole rings is 1. The first kappa shape index (κ1) is 25.0. The Morgan fingerprint density at radius 2 is 1.76 bits per heavy atom. The van der Waals surface area contributed by atoms with E-state index in [1.165, 1.54) is 23.2 Å². The van der Waals surface area contributed by atoms with Gasteiger partial charge in [-0.25, -0.2) is 13.4 Å². The maximum Gasteiger partial charge on any atom is 0.416 e. The van der Waals surface area contributed by atoms with Crippen molar-refractivity contribution >= 4 is 48.3 Å². The van der Waals surface area contributed by atoms with E-state index in [4.69, 9.17) is 0 Å². The highest BCUT2D eigenvalue weighted by Gasteiger charge is 2.33. The highest BCUT2D eigenvalue weighted by molar-refractivity contribution is 7.92. The van der Waals surface area contributed by atoms with E-state index in [0.717, 1.165) is 33.7 Å². The Bertz CT molecular complexity index is 1520. The number of nitrogens with zero attached hydrogens (tertiary/aromatic N) is 4. The number of fused-ring (bicyclic) bond motifs is 1. The maximum absolute atomic E-state index is 13.4. The van der Waals surface area contributed by atoms with E-state index in [2.05, 4.69) is 14.7 Å². The van der Waals surface area contributed by atoms with Gasteiger partial charge in [0, 0.05) is 38.6 Å². The minimum absolute atomic E-state index is 0.172. The zero-order chi connectivity index (χ0) is 26.2. The standard InChI is InChI=1S/C24H20F3N5O3S2/c25-24(26,27)16-7-8-18(20(14-16)30-37(34,35)17-4-3-9-28-15-17)22(33)31-10-12-32(13-11-31)23-29-19-5-1-2-6-21(19)36-23/h1-9,14-15,30H,10-13H2. The topological polar surface area (TPSA) is 95.5 Å². The van der Waals surface area contributed by atoms with Crippen molar-refractivity contribution in [1.82, 2.24) is 14.9 Å². The first-order chi connectivity index (χ1) is 17.6. The Labute approximate surface area is 214 Å². The Hall–Kier alpha value is -3.71. The van der Waals surface area contributed by atoms with Gasteiger partial charge < -0.3 is 9.80 Å². The molecule has 2 aromatic heterocycles. The number of aromatic nitrogens is 2.